The van der Waals surface area contributed by atoms with Crippen LogP contribution in [0.5, 0.6) is 0 Å². The van der Waals surface area contributed by atoms with Crippen LogP contribution in [0, 0.1) is 0 Å². The van der Waals surface area contributed by atoms with Crippen LogP contribution in [0.3, 0.4) is 0 Å². The second-order valence-corrected chi connectivity index (χ2v) is 7.98. The van der Waals surface area contributed by atoms with E-state index < -0.39 is 35.4 Å². The highest BCUT2D eigenvalue weighted by molar-refractivity contribution is 8.00. The Kier molecular flexibility index (Phi) is 5.70. The minimum Gasteiger partial charge on any atom is -0.451 e. The first-order chi connectivity index (χ1) is 14.7. The lowest BCUT2D eigenvalue weighted by Gasteiger charge is -2.51. The number of rotatable bonds is 6. The van der Waals surface area contributed by atoms with Gasteiger partial charge in [-0.25, -0.2) is 9.59 Å². The molecule has 1 N–H and O–H groups in total. The van der Waals surface area contributed by atoms with E-state index in [2.05, 4.69) is 5.32 Å². The molecule has 0 radical (unpaired) electrons. The Labute approximate surface area is 177 Å². The van der Waals surface area contributed by atoms with Crippen LogP contribution >= 0.6 is 11.8 Å². The first kappa shape index (κ1) is 19.9. The molecule has 0 spiro atoms. The Morgan fingerprint density at radius 2 is 1.73 bits per heavy atom. The van der Waals surface area contributed by atoms with Crippen LogP contribution in [0.15, 0.2) is 66.2 Å². The van der Waals surface area contributed by atoms with Crippen molar-refractivity contribution < 1.29 is 23.9 Å². The van der Waals surface area contributed by atoms with Gasteiger partial charge in [0.15, 0.2) is 12.1 Å². The molecule has 0 saturated carbocycles. The molecule has 2 fully saturated rings. The third kappa shape index (κ3) is 3.51. The minimum atomic E-state index is -1.15. The normalized spacial score (nSPS) is 22.6. The standard InChI is InChI=1S/C22H18N2O5S/c25-11-16-12-30-21-17(23-13-26)20(27)24(21)18(16)22(28)29-19(14-7-3-1-4-8-14)15-9-5-2-6-10-15/h1-10,13,17-19,21H,12H2,(H,23,26)/t17?,18?,21-/m0/s1. The number of benzene rings is 2. The molecule has 0 aliphatic carbocycles. The van der Waals surface area contributed by atoms with E-state index in [4.69, 9.17) is 4.74 Å². The zero-order chi connectivity index (χ0) is 21.1. The summed E-state index contributed by atoms with van der Waals surface area (Å²) in [5.41, 5.74) is 1.69. The van der Waals surface area contributed by atoms with Gasteiger partial charge in [0.25, 0.3) is 0 Å². The quantitative estimate of drug-likeness (QED) is 0.328. The highest BCUT2D eigenvalue weighted by Gasteiger charge is 2.57. The van der Waals surface area contributed by atoms with E-state index in [-0.39, 0.29) is 11.3 Å². The number of hydrogen-bond donors (Lipinski definition) is 1. The second kappa shape index (κ2) is 8.57. The molecule has 0 bridgehead atoms. The number of hydrogen-bond acceptors (Lipinski definition) is 6. The molecule has 2 unspecified atom stereocenters. The Hall–Kier alpha value is -3.35. The van der Waals surface area contributed by atoms with Gasteiger partial charge < -0.3 is 15.0 Å². The third-order valence-electron chi connectivity index (χ3n) is 5.14. The first-order valence-electron chi connectivity index (χ1n) is 9.33. The molecule has 0 aromatic heterocycles. The molecule has 4 rings (SSSR count). The molecule has 152 valence electrons. The van der Waals surface area contributed by atoms with Crippen LogP contribution in [0.25, 0.3) is 0 Å². The van der Waals surface area contributed by atoms with Crippen LogP contribution in [-0.2, 0) is 23.9 Å². The van der Waals surface area contributed by atoms with Gasteiger partial charge in [0.1, 0.15) is 17.4 Å². The lowest BCUT2D eigenvalue weighted by molar-refractivity contribution is -0.165. The number of nitrogens with one attached hydrogen (secondary N) is 1. The van der Waals surface area contributed by atoms with E-state index >= 15 is 0 Å². The van der Waals surface area contributed by atoms with Crippen molar-refractivity contribution in [1.29, 1.82) is 0 Å². The summed E-state index contributed by atoms with van der Waals surface area (Å²) in [4.78, 5) is 49.3. The number of esters is 1. The molecule has 2 amide bonds. The summed E-state index contributed by atoms with van der Waals surface area (Å²) in [6, 6.07) is 16.6. The van der Waals surface area contributed by atoms with Crippen molar-refractivity contribution >= 4 is 36.0 Å². The van der Waals surface area contributed by atoms with E-state index in [0.29, 0.717) is 6.41 Å². The molecule has 2 aliphatic rings. The molecular weight excluding hydrogens is 404 g/mol. The molecule has 2 aliphatic heterocycles. The van der Waals surface area contributed by atoms with E-state index in [1.165, 1.54) is 16.7 Å². The second-order valence-electron chi connectivity index (χ2n) is 6.88. The Morgan fingerprint density at radius 1 is 1.13 bits per heavy atom. The smallest absolute Gasteiger partial charge is 0.335 e. The van der Waals surface area contributed by atoms with Crippen molar-refractivity contribution in [2.45, 2.75) is 23.6 Å². The summed E-state index contributed by atoms with van der Waals surface area (Å²) in [6.45, 7) is 0. The van der Waals surface area contributed by atoms with Crippen molar-refractivity contribution in [1.82, 2.24) is 10.2 Å². The van der Waals surface area contributed by atoms with Crippen LogP contribution in [0.2, 0.25) is 0 Å². The van der Waals surface area contributed by atoms with Gasteiger partial charge in [0.05, 0.1) is 5.57 Å². The van der Waals surface area contributed by atoms with Gasteiger partial charge in [-0.2, -0.15) is 0 Å². The van der Waals surface area contributed by atoms with Crippen molar-refractivity contribution in [2.75, 3.05) is 5.75 Å². The molecular formula is C22H18N2O5S. The summed E-state index contributed by atoms with van der Waals surface area (Å²) < 4.78 is 5.86. The third-order valence-corrected chi connectivity index (χ3v) is 6.46. The molecule has 2 saturated heterocycles. The fourth-order valence-corrected chi connectivity index (χ4v) is 5.03. The van der Waals surface area contributed by atoms with Gasteiger partial charge in [-0.3, -0.25) is 9.59 Å². The molecule has 30 heavy (non-hydrogen) atoms. The largest absolute Gasteiger partial charge is 0.451 e. The SMILES string of the molecule is O=C=C1CS[C@H]2C(NC=O)C(=O)N2C1C(=O)OC(c1ccccc1)c1ccccc1. The number of carbonyl (C=O) groups is 3. The lowest BCUT2D eigenvalue weighted by atomic mass is 9.98. The average Bonchev–Trinajstić information content (AvgIpc) is 2.80. The zero-order valence-corrected chi connectivity index (χ0v) is 16.6. The molecule has 2 aromatic carbocycles. The van der Waals surface area contributed by atoms with Gasteiger partial charge in [0.2, 0.25) is 12.3 Å². The molecule has 8 heteroatoms. The van der Waals surface area contributed by atoms with Crippen molar-refractivity contribution in [3.8, 4) is 0 Å². The number of nitrogens with zero attached hydrogens (tertiary/aromatic N) is 1. The summed E-state index contributed by atoms with van der Waals surface area (Å²) in [7, 11) is 0. The number of thioether (sulfide) groups is 1. The summed E-state index contributed by atoms with van der Waals surface area (Å²) in [6.07, 6.45) is -0.235. The molecule has 2 aromatic rings. The maximum Gasteiger partial charge on any atom is 0.335 e. The van der Waals surface area contributed by atoms with E-state index in [0.717, 1.165) is 11.1 Å². The number of amides is 2. The Bertz CT molecular complexity index is 967. The Balaban J connectivity index is 1.63. The van der Waals surface area contributed by atoms with Crippen LogP contribution in [0.4, 0.5) is 0 Å². The van der Waals surface area contributed by atoms with Crippen LogP contribution in [-0.4, -0.2) is 52.3 Å². The van der Waals surface area contributed by atoms with Gasteiger partial charge in [-0.05, 0) is 11.1 Å². The minimum absolute atomic E-state index is 0.152. The fourth-order valence-electron chi connectivity index (χ4n) is 3.69. The molecule has 3 atom stereocenters. The number of ether oxygens (including phenoxy) is 1. The Morgan fingerprint density at radius 3 is 2.27 bits per heavy atom. The maximum absolute atomic E-state index is 13.2. The van der Waals surface area contributed by atoms with E-state index in [9.17, 15) is 19.2 Å². The predicted molar refractivity (Wildman–Crippen MR) is 110 cm³/mol. The fraction of sp³-hybridized carbons (Fsp3) is 0.227. The van der Waals surface area contributed by atoms with Crippen molar-refractivity contribution in [3.63, 3.8) is 0 Å². The van der Waals surface area contributed by atoms with Crippen molar-refractivity contribution in [3.05, 3.63) is 77.4 Å². The van der Waals surface area contributed by atoms with Crippen molar-refractivity contribution in [2.24, 2.45) is 0 Å². The molecule has 2 heterocycles. The summed E-state index contributed by atoms with van der Waals surface area (Å²) in [5, 5.41) is 2.04. The average molecular weight is 422 g/mol. The number of β-lactam (4-membered cyclic amide) rings is 1. The van der Waals surface area contributed by atoms with Gasteiger partial charge in [-0.15, -0.1) is 11.8 Å². The monoisotopic (exact) mass is 422 g/mol. The van der Waals surface area contributed by atoms with Gasteiger partial charge in [-0.1, -0.05) is 60.7 Å². The van der Waals surface area contributed by atoms with E-state index in [1.54, 1.807) is 5.94 Å². The zero-order valence-electron chi connectivity index (χ0n) is 15.8. The topological polar surface area (TPSA) is 92.8 Å². The first-order valence-corrected chi connectivity index (χ1v) is 10.4. The summed E-state index contributed by atoms with van der Waals surface area (Å²) in [5.74, 6) is 0.908. The summed E-state index contributed by atoms with van der Waals surface area (Å²) >= 11 is 1.31. The maximum atomic E-state index is 13.2. The number of fused-ring (bicyclic) bond motifs is 1. The highest BCUT2D eigenvalue weighted by Crippen LogP contribution is 2.40. The molecule has 7 nitrogen and oxygen atoms in total. The van der Waals surface area contributed by atoms with E-state index in [1.807, 2.05) is 60.7 Å². The lowest BCUT2D eigenvalue weighted by Crippen LogP contribution is -2.74. The van der Waals surface area contributed by atoms with Gasteiger partial charge in [0, 0.05) is 5.75 Å². The number of carbonyl (C=O) groups excluding carboxylic acids is 4. The van der Waals surface area contributed by atoms with Crippen LogP contribution < -0.4 is 5.32 Å². The van der Waals surface area contributed by atoms with Gasteiger partial charge >= 0.3 is 5.97 Å². The van der Waals surface area contributed by atoms with Crippen LogP contribution in [0.1, 0.15) is 17.2 Å². The highest BCUT2D eigenvalue weighted by atomic mass is 32.2. The predicted octanol–water partition coefficient (Wildman–Crippen LogP) is 1.48.